The molecule has 0 bridgehead atoms. The maximum absolute atomic E-state index is 12.6. The van der Waals surface area contributed by atoms with E-state index in [0.29, 0.717) is 24.1 Å². The predicted molar refractivity (Wildman–Crippen MR) is 86.8 cm³/mol. The van der Waals surface area contributed by atoms with Crippen LogP contribution in [0.1, 0.15) is 11.5 Å². The lowest BCUT2D eigenvalue weighted by molar-refractivity contribution is -0.129. The molecule has 1 aromatic heterocycles. The fraction of sp³-hybridized carbons (Fsp3) is 0.444. The minimum absolute atomic E-state index is 0.162. The molecule has 1 amide bonds. The second kappa shape index (κ2) is 5.81. The van der Waals surface area contributed by atoms with Gasteiger partial charge >= 0.3 is 0 Å². The molecule has 5 nitrogen and oxygen atoms in total. The lowest BCUT2D eigenvalue weighted by atomic mass is 10.0. The van der Waals surface area contributed by atoms with E-state index in [-0.39, 0.29) is 5.91 Å². The zero-order chi connectivity index (χ0) is 15.8. The number of benzene rings is 1. The number of rotatable bonds is 3. The van der Waals surface area contributed by atoms with E-state index in [9.17, 15) is 4.79 Å². The summed E-state index contributed by atoms with van der Waals surface area (Å²) in [7, 11) is 0. The minimum Gasteiger partial charge on any atom is -0.441 e. The highest BCUT2D eigenvalue weighted by Gasteiger charge is 2.38. The van der Waals surface area contributed by atoms with Crippen molar-refractivity contribution in [2.24, 2.45) is 11.8 Å². The van der Waals surface area contributed by atoms with Crippen molar-refractivity contribution < 1.29 is 9.21 Å². The van der Waals surface area contributed by atoms with Gasteiger partial charge in [0.05, 0.1) is 12.1 Å². The molecule has 3 heterocycles. The maximum Gasteiger partial charge on any atom is 0.228 e. The van der Waals surface area contributed by atoms with Gasteiger partial charge in [0.25, 0.3) is 0 Å². The third kappa shape index (κ3) is 2.77. The number of nitrogens with one attached hydrogen (secondary N) is 1. The average Bonchev–Trinajstić information content (AvgIpc) is 3.23. The Bertz CT molecular complexity index is 698. The number of hydrogen-bond acceptors (Lipinski definition) is 4. The predicted octanol–water partition coefficient (Wildman–Crippen LogP) is 1.87. The van der Waals surface area contributed by atoms with Crippen LogP contribution in [-0.2, 0) is 11.2 Å². The Morgan fingerprint density at radius 2 is 1.96 bits per heavy atom. The van der Waals surface area contributed by atoms with Crippen molar-refractivity contribution >= 4 is 5.91 Å². The first kappa shape index (κ1) is 14.5. The number of carbonyl (C=O) groups is 1. The molecule has 1 N–H and O–H groups in total. The fourth-order valence-corrected chi connectivity index (χ4v) is 3.61. The highest BCUT2D eigenvalue weighted by Crippen LogP contribution is 2.27. The molecule has 0 unspecified atom stereocenters. The molecule has 0 radical (unpaired) electrons. The molecule has 2 aliphatic rings. The van der Waals surface area contributed by atoms with Crippen LogP contribution in [0.3, 0.4) is 0 Å². The number of oxazole rings is 1. The summed E-state index contributed by atoms with van der Waals surface area (Å²) in [6, 6.07) is 9.80. The monoisotopic (exact) mass is 311 g/mol. The van der Waals surface area contributed by atoms with Crippen LogP contribution in [0.5, 0.6) is 0 Å². The molecule has 2 atom stereocenters. The Hall–Kier alpha value is -2.14. The van der Waals surface area contributed by atoms with Crippen LogP contribution in [0.15, 0.2) is 34.7 Å². The summed E-state index contributed by atoms with van der Waals surface area (Å²) >= 11 is 0. The number of likely N-dealkylation sites (tertiary alicyclic amines) is 1. The van der Waals surface area contributed by atoms with Gasteiger partial charge in [0.2, 0.25) is 11.8 Å². The van der Waals surface area contributed by atoms with Gasteiger partial charge < -0.3 is 14.6 Å². The van der Waals surface area contributed by atoms with E-state index in [4.69, 9.17) is 4.42 Å². The normalized spacial score (nSPS) is 23.3. The van der Waals surface area contributed by atoms with E-state index in [1.54, 1.807) is 0 Å². The lowest BCUT2D eigenvalue weighted by Crippen LogP contribution is -2.33. The standard InChI is InChI=1S/C18H21N3O2/c1-12-16(20-18(23-12)13-5-3-2-4-6-13)7-17(22)21-10-14-8-19-9-15(14)11-21/h2-6,14-15,19H,7-11H2,1H3/t14-,15+. The first-order valence-corrected chi connectivity index (χ1v) is 8.21. The van der Waals surface area contributed by atoms with Gasteiger partial charge in [-0.15, -0.1) is 0 Å². The topological polar surface area (TPSA) is 58.4 Å². The van der Waals surface area contributed by atoms with Crippen molar-refractivity contribution in [1.82, 2.24) is 15.2 Å². The molecule has 23 heavy (non-hydrogen) atoms. The molecular formula is C18H21N3O2. The number of nitrogens with zero attached hydrogens (tertiary/aromatic N) is 2. The van der Waals surface area contributed by atoms with Crippen LogP contribution in [0.25, 0.3) is 11.5 Å². The van der Waals surface area contributed by atoms with E-state index in [0.717, 1.165) is 43.2 Å². The van der Waals surface area contributed by atoms with Crippen molar-refractivity contribution in [3.63, 3.8) is 0 Å². The number of fused-ring (bicyclic) bond motifs is 1. The molecule has 2 saturated heterocycles. The third-order valence-electron chi connectivity index (χ3n) is 4.97. The third-order valence-corrected chi connectivity index (χ3v) is 4.97. The van der Waals surface area contributed by atoms with Crippen molar-refractivity contribution in [2.45, 2.75) is 13.3 Å². The van der Waals surface area contributed by atoms with Gasteiger partial charge in [-0.1, -0.05) is 18.2 Å². The summed E-state index contributed by atoms with van der Waals surface area (Å²) in [4.78, 5) is 19.1. The average molecular weight is 311 g/mol. The molecule has 2 aliphatic heterocycles. The van der Waals surface area contributed by atoms with Gasteiger partial charge in [-0.3, -0.25) is 4.79 Å². The molecule has 1 aromatic carbocycles. The fourth-order valence-electron chi connectivity index (χ4n) is 3.61. The van der Waals surface area contributed by atoms with Crippen molar-refractivity contribution in [3.05, 3.63) is 41.8 Å². The van der Waals surface area contributed by atoms with Crippen LogP contribution in [-0.4, -0.2) is 42.0 Å². The van der Waals surface area contributed by atoms with Crippen molar-refractivity contribution in [3.8, 4) is 11.5 Å². The van der Waals surface area contributed by atoms with Gasteiger partial charge in [-0.2, -0.15) is 0 Å². The smallest absolute Gasteiger partial charge is 0.228 e. The summed E-state index contributed by atoms with van der Waals surface area (Å²) in [5.74, 6) is 2.73. The number of aromatic nitrogens is 1. The number of aryl methyl sites for hydroxylation is 1. The summed E-state index contributed by atoms with van der Waals surface area (Å²) in [6.45, 7) is 5.70. The molecule has 2 aromatic rings. The second-order valence-electron chi connectivity index (χ2n) is 6.54. The Balaban J connectivity index is 1.47. The van der Waals surface area contributed by atoms with Crippen LogP contribution < -0.4 is 5.32 Å². The first-order valence-electron chi connectivity index (χ1n) is 8.21. The Morgan fingerprint density at radius 3 is 2.65 bits per heavy atom. The van der Waals surface area contributed by atoms with Gasteiger partial charge in [0.1, 0.15) is 5.76 Å². The van der Waals surface area contributed by atoms with Crippen molar-refractivity contribution in [1.29, 1.82) is 0 Å². The van der Waals surface area contributed by atoms with E-state index in [2.05, 4.69) is 10.3 Å². The Morgan fingerprint density at radius 1 is 1.26 bits per heavy atom. The van der Waals surface area contributed by atoms with Crippen molar-refractivity contribution in [2.75, 3.05) is 26.2 Å². The van der Waals surface area contributed by atoms with E-state index >= 15 is 0 Å². The van der Waals surface area contributed by atoms with E-state index in [1.807, 2.05) is 42.2 Å². The van der Waals surface area contributed by atoms with E-state index < -0.39 is 0 Å². The maximum atomic E-state index is 12.6. The van der Waals surface area contributed by atoms with Crippen LogP contribution >= 0.6 is 0 Å². The van der Waals surface area contributed by atoms with Crippen LogP contribution in [0, 0.1) is 18.8 Å². The van der Waals surface area contributed by atoms with E-state index in [1.165, 1.54) is 0 Å². The largest absolute Gasteiger partial charge is 0.441 e. The Kier molecular flexibility index (Phi) is 3.65. The van der Waals surface area contributed by atoms with Crippen LogP contribution in [0.2, 0.25) is 0 Å². The summed E-state index contributed by atoms with van der Waals surface area (Å²) in [5.41, 5.74) is 1.69. The summed E-state index contributed by atoms with van der Waals surface area (Å²) in [5, 5.41) is 3.40. The van der Waals surface area contributed by atoms with Gasteiger partial charge in [0, 0.05) is 31.7 Å². The first-order chi connectivity index (χ1) is 11.2. The lowest BCUT2D eigenvalue weighted by Gasteiger charge is -2.16. The van der Waals surface area contributed by atoms with Crippen LogP contribution in [0.4, 0.5) is 0 Å². The molecule has 120 valence electrons. The van der Waals surface area contributed by atoms with Gasteiger partial charge in [-0.05, 0) is 30.9 Å². The highest BCUT2D eigenvalue weighted by atomic mass is 16.4. The number of carbonyl (C=O) groups excluding carboxylic acids is 1. The number of amides is 1. The van der Waals surface area contributed by atoms with Gasteiger partial charge in [0.15, 0.2) is 0 Å². The second-order valence-corrected chi connectivity index (χ2v) is 6.54. The molecule has 2 fully saturated rings. The highest BCUT2D eigenvalue weighted by molar-refractivity contribution is 5.79. The molecule has 0 aliphatic carbocycles. The summed E-state index contributed by atoms with van der Waals surface area (Å²) in [6.07, 6.45) is 0.328. The zero-order valence-corrected chi connectivity index (χ0v) is 13.3. The zero-order valence-electron chi connectivity index (χ0n) is 13.3. The molecule has 0 saturated carbocycles. The SMILES string of the molecule is Cc1oc(-c2ccccc2)nc1CC(=O)N1C[C@H]2CNC[C@H]2C1. The Labute approximate surface area is 135 Å². The molecule has 5 heteroatoms. The van der Waals surface area contributed by atoms with Gasteiger partial charge in [-0.25, -0.2) is 4.98 Å². The minimum atomic E-state index is 0.162. The number of hydrogen-bond donors (Lipinski definition) is 1. The summed E-state index contributed by atoms with van der Waals surface area (Å²) < 4.78 is 5.75. The quantitative estimate of drug-likeness (QED) is 0.940. The molecule has 0 spiro atoms. The molecular weight excluding hydrogens is 290 g/mol. The molecule has 4 rings (SSSR count).